The van der Waals surface area contributed by atoms with Gasteiger partial charge >= 0.3 is 0 Å². The lowest BCUT2D eigenvalue weighted by atomic mass is 9.94. The van der Waals surface area contributed by atoms with Crippen molar-refractivity contribution in [2.75, 3.05) is 11.9 Å². The molecule has 2 N–H and O–H groups in total. The molecule has 0 spiro atoms. The van der Waals surface area contributed by atoms with Gasteiger partial charge in [0, 0.05) is 23.3 Å². The van der Waals surface area contributed by atoms with Gasteiger partial charge in [0.15, 0.2) is 0 Å². The highest BCUT2D eigenvalue weighted by molar-refractivity contribution is 7.10. The summed E-state index contributed by atoms with van der Waals surface area (Å²) in [5, 5.41) is 8.43. The summed E-state index contributed by atoms with van der Waals surface area (Å²) in [6.07, 6.45) is 4.93. The zero-order chi connectivity index (χ0) is 14.7. The zero-order valence-electron chi connectivity index (χ0n) is 12.1. The van der Waals surface area contributed by atoms with E-state index in [1.807, 2.05) is 13.0 Å². The van der Waals surface area contributed by atoms with E-state index < -0.39 is 0 Å². The Balaban J connectivity index is 1.74. The number of hydrogen-bond acceptors (Lipinski definition) is 4. The number of fused-ring (bicyclic) bond motifs is 1. The van der Waals surface area contributed by atoms with E-state index in [0.717, 1.165) is 31.5 Å². The lowest BCUT2D eigenvalue weighted by molar-refractivity contribution is 0.0928. The fourth-order valence-electron chi connectivity index (χ4n) is 2.74. The molecule has 1 atom stereocenters. The van der Waals surface area contributed by atoms with Crippen molar-refractivity contribution in [2.45, 2.75) is 32.2 Å². The standard InChI is InChI=1S/C16H19N3OS/c1-2-17-11-6-8-18-14(10-11)16(20)19-13-4-3-5-15-12(13)7-9-21-15/h6-10,13H,2-5H2,1H3,(H,17,18)(H,19,20). The summed E-state index contributed by atoms with van der Waals surface area (Å²) >= 11 is 1.78. The third-order valence-corrected chi connectivity index (χ3v) is 4.73. The molecule has 5 heteroatoms. The van der Waals surface area contributed by atoms with Gasteiger partial charge in [-0.15, -0.1) is 11.3 Å². The Morgan fingerprint density at radius 2 is 2.38 bits per heavy atom. The molecule has 1 amide bonds. The predicted octanol–water partition coefficient (Wildman–Crippen LogP) is 3.38. The number of rotatable bonds is 4. The topological polar surface area (TPSA) is 54.0 Å². The van der Waals surface area contributed by atoms with Crippen molar-refractivity contribution in [1.82, 2.24) is 10.3 Å². The Morgan fingerprint density at radius 3 is 3.24 bits per heavy atom. The first-order chi connectivity index (χ1) is 10.3. The Kier molecular flexibility index (Phi) is 4.20. The molecule has 0 saturated heterocycles. The van der Waals surface area contributed by atoms with Crippen LogP contribution >= 0.6 is 11.3 Å². The largest absolute Gasteiger partial charge is 0.385 e. The smallest absolute Gasteiger partial charge is 0.270 e. The second kappa shape index (κ2) is 6.26. The summed E-state index contributed by atoms with van der Waals surface area (Å²) < 4.78 is 0. The van der Waals surface area contributed by atoms with Crippen molar-refractivity contribution in [2.24, 2.45) is 0 Å². The molecule has 4 nitrogen and oxygen atoms in total. The van der Waals surface area contributed by atoms with Crippen molar-refractivity contribution in [3.05, 3.63) is 45.9 Å². The number of nitrogens with one attached hydrogen (secondary N) is 2. The number of carbonyl (C=O) groups is 1. The molecule has 0 radical (unpaired) electrons. The van der Waals surface area contributed by atoms with E-state index in [9.17, 15) is 4.79 Å². The molecule has 2 aromatic rings. The Labute approximate surface area is 128 Å². The van der Waals surface area contributed by atoms with Crippen LogP contribution in [-0.2, 0) is 6.42 Å². The van der Waals surface area contributed by atoms with Crippen LogP contribution in [0.3, 0.4) is 0 Å². The summed E-state index contributed by atoms with van der Waals surface area (Å²) in [6, 6.07) is 5.93. The minimum atomic E-state index is -0.0983. The van der Waals surface area contributed by atoms with Crippen molar-refractivity contribution in [1.29, 1.82) is 0 Å². The van der Waals surface area contributed by atoms with Gasteiger partial charge in [-0.05, 0) is 55.3 Å². The third-order valence-electron chi connectivity index (χ3n) is 3.73. The quantitative estimate of drug-likeness (QED) is 0.910. The number of nitrogens with zero attached hydrogens (tertiary/aromatic N) is 1. The Hall–Kier alpha value is -1.88. The number of anilines is 1. The van der Waals surface area contributed by atoms with Crippen LogP contribution in [0.1, 0.15) is 46.7 Å². The highest BCUT2D eigenvalue weighted by Gasteiger charge is 2.23. The van der Waals surface area contributed by atoms with E-state index in [-0.39, 0.29) is 11.9 Å². The minimum absolute atomic E-state index is 0.0983. The van der Waals surface area contributed by atoms with Gasteiger partial charge in [-0.2, -0.15) is 0 Å². The molecule has 3 rings (SSSR count). The van der Waals surface area contributed by atoms with Crippen molar-refractivity contribution >= 4 is 22.9 Å². The number of hydrogen-bond donors (Lipinski definition) is 2. The van der Waals surface area contributed by atoms with Gasteiger partial charge in [0.2, 0.25) is 0 Å². The number of amides is 1. The van der Waals surface area contributed by atoms with E-state index in [1.165, 1.54) is 10.4 Å². The fourth-order valence-corrected chi connectivity index (χ4v) is 3.72. The fraction of sp³-hybridized carbons (Fsp3) is 0.375. The van der Waals surface area contributed by atoms with Crippen molar-refractivity contribution < 1.29 is 4.79 Å². The van der Waals surface area contributed by atoms with Crippen molar-refractivity contribution in [3.63, 3.8) is 0 Å². The molecule has 2 heterocycles. The highest BCUT2D eigenvalue weighted by Crippen LogP contribution is 2.33. The van der Waals surface area contributed by atoms with Gasteiger partial charge in [-0.25, -0.2) is 0 Å². The van der Waals surface area contributed by atoms with Crippen LogP contribution < -0.4 is 10.6 Å². The molecule has 1 aliphatic rings. The van der Waals surface area contributed by atoms with Crippen LogP contribution in [-0.4, -0.2) is 17.4 Å². The normalized spacial score (nSPS) is 17.1. The molecule has 0 saturated carbocycles. The second-order valence-electron chi connectivity index (χ2n) is 5.18. The molecule has 110 valence electrons. The van der Waals surface area contributed by atoms with Crippen LogP contribution in [0.5, 0.6) is 0 Å². The number of aromatic nitrogens is 1. The highest BCUT2D eigenvalue weighted by atomic mass is 32.1. The van der Waals surface area contributed by atoms with E-state index >= 15 is 0 Å². The lowest BCUT2D eigenvalue weighted by Gasteiger charge is -2.23. The lowest BCUT2D eigenvalue weighted by Crippen LogP contribution is -2.31. The van der Waals surface area contributed by atoms with E-state index in [4.69, 9.17) is 0 Å². The van der Waals surface area contributed by atoms with Gasteiger partial charge in [-0.3, -0.25) is 9.78 Å². The van der Waals surface area contributed by atoms with Gasteiger partial charge in [0.05, 0.1) is 6.04 Å². The molecular weight excluding hydrogens is 282 g/mol. The van der Waals surface area contributed by atoms with E-state index in [0.29, 0.717) is 5.69 Å². The number of thiophene rings is 1. The van der Waals surface area contributed by atoms with Crippen LogP contribution in [0.25, 0.3) is 0 Å². The Bertz CT molecular complexity index is 638. The summed E-state index contributed by atoms with van der Waals surface area (Å²) in [4.78, 5) is 18.0. The molecular formula is C16H19N3OS. The summed E-state index contributed by atoms with van der Waals surface area (Å²) in [5.74, 6) is -0.0983. The molecule has 1 aliphatic carbocycles. The zero-order valence-corrected chi connectivity index (χ0v) is 12.9. The number of carbonyl (C=O) groups excluding carboxylic acids is 1. The first-order valence-electron chi connectivity index (χ1n) is 7.35. The SMILES string of the molecule is CCNc1ccnc(C(=O)NC2CCCc3sccc32)c1. The van der Waals surface area contributed by atoms with Gasteiger partial charge in [0.25, 0.3) is 5.91 Å². The van der Waals surface area contributed by atoms with Crippen LogP contribution in [0.4, 0.5) is 5.69 Å². The third kappa shape index (κ3) is 3.08. The van der Waals surface area contributed by atoms with E-state index in [2.05, 4.69) is 27.1 Å². The van der Waals surface area contributed by atoms with Gasteiger partial charge in [0.1, 0.15) is 5.69 Å². The first-order valence-corrected chi connectivity index (χ1v) is 8.23. The molecule has 21 heavy (non-hydrogen) atoms. The minimum Gasteiger partial charge on any atom is -0.385 e. The molecule has 1 unspecified atom stereocenters. The monoisotopic (exact) mass is 301 g/mol. The van der Waals surface area contributed by atoms with Gasteiger partial charge in [-0.1, -0.05) is 0 Å². The molecule has 0 aromatic carbocycles. The maximum absolute atomic E-state index is 12.4. The number of aryl methyl sites for hydroxylation is 1. The Morgan fingerprint density at radius 1 is 1.48 bits per heavy atom. The van der Waals surface area contributed by atoms with E-state index in [1.54, 1.807) is 23.6 Å². The van der Waals surface area contributed by atoms with Crippen LogP contribution in [0.15, 0.2) is 29.8 Å². The van der Waals surface area contributed by atoms with Crippen LogP contribution in [0, 0.1) is 0 Å². The molecule has 0 aliphatic heterocycles. The molecule has 2 aromatic heterocycles. The van der Waals surface area contributed by atoms with Crippen LogP contribution in [0.2, 0.25) is 0 Å². The predicted molar refractivity (Wildman–Crippen MR) is 85.9 cm³/mol. The maximum atomic E-state index is 12.4. The number of pyridine rings is 1. The summed E-state index contributed by atoms with van der Waals surface area (Å²) in [5.41, 5.74) is 2.68. The maximum Gasteiger partial charge on any atom is 0.270 e. The summed E-state index contributed by atoms with van der Waals surface area (Å²) in [7, 11) is 0. The molecule has 0 bridgehead atoms. The van der Waals surface area contributed by atoms with Crippen molar-refractivity contribution in [3.8, 4) is 0 Å². The van der Waals surface area contributed by atoms with Gasteiger partial charge < -0.3 is 10.6 Å². The average Bonchev–Trinajstić information content (AvgIpc) is 2.97. The molecule has 0 fully saturated rings. The average molecular weight is 301 g/mol. The summed E-state index contributed by atoms with van der Waals surface area (Å²) in [6.45, 7) is 2.85. The first kappa shape index (κ1) is 14.1. The second-order valence-corrected chi connectivity index (χ2v) is 6.18.